The summed E-state index contributed by atoms with van der Waals surface area (Å²) in [6.45, 7) is 1.20. The van der Waals surface area contributed by atoms with Crippen molar-refractivity contribution in [2.75, 3.05) is 7.11 Å². The number of ether oxygens (including phenoxy) is 1. The lowest BCUT2D eigenvalue weighted by Crippen LogP contribution is -2.26. The minimum atomic E-state index is -2.00. The number of hydrogen-bond donors (Lipinski definition) is 1. The van der Waals surface area contributed by atoms with Gasteiger partial charge in [-0.2, -0.15) is 0 Å². The SMILES string of the molecule is COc1ccc(C(C)(O)c2cccc(F)c2F)c(F)c1. The normalized spacial score (nSPS) is 13.9. The first-order valence-corrected chi connectivity index (χ1v) is 5.88. The van der Waals surface area contributed by atoms with Gasteiger partial charge in [-0.15, -0.1) is 0 Å². The monoisotopic (exact) mass is 282 g/mol. The van der Waals surface area contributed by atoms with Crippen LogP contribution in [0, 0.1) is 17.5 Å². The third-order valence-electron chi connectivity index (χ3n) is 3.18. The van der Waals surface area contributed by atoms with Gasteiger partial charge in [-0.25, -0.2) is 13.2 Å². The molecule has 0 saturated heterocycles. The summed E-state index contributed by atoms with van der Waals surface area (Å²) >= 11 is 0. The van der Waals surface area contributed by atoms with Crippen LogP contribution in [0.15, 0.2) is 36.4 Å². The molecule has 0 aliphatic rings. The van der Waals surface area contributed by atoms with Crippen molar-refractivity contribution in [3.63, 3.8) is 0 Å². The van der Waals surface area contributed by atoms with Crippen LogP contribution in [0.1, 0.15) is 18.1 Å². The Bertz CT molecular complexity index is 639. The minimum absolute atomic E-state index is 0.164. The molecular weight excluding hydrogens is 269 g/mol. The number of halogens is 3. The first kappa shape index (κ1) is 14.4. The number of methoxy groups -OCH3 is 1. The molecular formula is C15H13F3O2. The fraction of sp³-hybridized carbons (Fsp3) is 0.200. The van der Waals surface area contributed by atoms with Crippen LogP contribution in [-0.4, -0.2) is 12.2 Å². The van der Waals surface area contributed by atoms with E-state index in [-0.39, 0.29) is 16.9 Å². The highest BCUT2D eigenvalue weighted by Crippen LogP contribution is 2.34. The molecule has 0 fully saturated rings. The van der Waals surface area contributed by atoms with Crippen LogP contribution < -0.4 is 4.74 Å². The molecule has 106 valence electrons. The molecule has 0 heterocycles. The molecule has 0 bridgehead atoms. The first-order valence-electron chi connectivity index (χ1n) is 5.88. The molecule has 0 spiro atoms. The maximum absolute atomic E-state index is 14.0. The van der Waals surface area contributed by atoms with Gasteiger partial charge in [0.2, 0.25) is 0 Å². The second-order valence-corrected chi connectivity index (χ2v) is 4.52. The van der Waals surface area contributed by atoms with Crippen molar-refractivity contribution in [2.45, 2.75) is 12.5 Å². The molecule has 0 aliphatic heterocycles. The van der Waals surface area contributed by atoms with Crippen LogP contribution in [0.25, 0.3) is 0 Å². The van der Waals surface area contributed by atoms with Crippen molar-refractivity contribution in [3.8, 4) is 5.75 Å². The Morgan fingerprint density at radius 3 is 2.30 bits per heavy atom. The maximum Gasteiger partial charge on any atom is 0.165 e. The Morgan fingerprint density at radius 1 is 1.00 bits per heavy atom. The van der Waals surface area contributed by atoms with E-state index in [1.165, 1.54) is 38.3 Å². The van der Waals surface area contributed by atoms with Crippen LogP contribution in [0.5, 0.6) is 5.75 Å². The summed E-state index contributed by atoms with van der Waals surface area (Å²) in [7, 11) is 1.37. The Balaban J connectivity index is 2.57. The molecule has 2 aromatic rings. The lowest BCUT2D eigenvalue weighted by atomic mass is 9.87. The van der Waals surface area contributed by atoms with E-state index >= 15 is 0 Å². The summed E-state index contributed by atoms with van der Waals surface area (Å²) in [6.07, 6.45) is 0. The smallest absolute Gasteiger partial charge is 0.165 e. The number of rotatable bonds is 3. The van der Waals surface area contributed by atoms with Gasteiger partial charge in [-0.3, -0.25) is 0 Å². The second kappa shape index (κ2) is 5.17. The predicted octanol–water partition coefficient (Wildman–Crippen LogP) is 3.37. The molecule has 2 nitrogen and oxygen atoms in total. The molecule has 2 rings (SSSR count). The average molecular weight is 282 g/mol. The van der Waals surface area contributed by atoms with E-state index in [0.29, 0.717) is 0 Å². The summed E-state index contributed by atoms with van der Waals surface area (Å²) < 4.78 is 45.9. The summed E-state index contributed by atoms with van der Waals surface area (Å²) in [4.78, 5) is 0. The van der Waals surface area contributed by atoms with E-state index in [2.05, 4.69) is 0 Å². The first-order chi connectivity index (χ1) is 9.37. The van der Waals surface area contributed by atoms with Crippen LogP contribution in [0.2, 0.25) is 0 Å². The third kappa shape index (κ3) is 2.36. The summed E-state index contributed by atoms with van der Waals surface area (Å²) in [5.41, 5.74) is -2.49. The second-order valence-electron chi connectivity index (χ2n) is 4.52. The van der Waals surface area contributed by atoms with E-state index < -0.39 is 23.1 Å². The van der Waals surface area contributed by atoms with E-state index in [9.17, 15) is 18.3 Å². The van der Waals surface area contributed by atoms with Gasteiger partial charge >= 0.3 is 0 Å². The Hall–Kier alpha value is -2.01. The quantitative estimate of drug-likeness (QED) is 0.935. The lowest BCUT2D eigenvalue weighted by Gasteiger charge is -2.25. The van der Waals surface area contributed by atoms with Crippen molar-refractivity contribution < 1.29 is 23.0 Å². The molecule has 1 N–H and O–H groups in total. The van der Waals surface area contributed by atoms with Gasteiger partial charge in [-0.1, -0.05) is 12.1 Å². The number of hydrogen-bond acceptors (Lipinski definition) is 2. The molecule has 1 atom stereocenters. The molecule has 5 heteroatoms. The molecule has 0 aliphatic carbocycles. The molecule has 0 radical (unpaired) electrons. The number of aliphatic hydroxyl groups is 1. The highest BCUT2D eigenvalue weighted by molar-refractivity contribution is 5.40. The zero-order chi connectivity index (χ0) is 14.9. The predicted molar refractivity (Wildman–Crippen MR) is 68.0 cm³/mol. The molecule has 0 saturated carbocycles. The highest BCUT2D eigenvalue weighted by Gasteiger charge is 2.32. The Morgan fingerprint density at radius 2 is 1.70 bits per heavy atom. The standard InChI is InChI=1S/C15H13F3O2/c1-15(19,11-4-3-5-12(16)14(11)18)10-7-6-9(20-2)8-13(10)17/h3-8,19H,1-2H3. The Kier molecular flexibility index (Phi) is 3.72. The average Bonchev–Trinajstić information content (AvgIpc) is 2.41. The van der Waals surface area contributed by atoms with Gasteiger partial charge in [0.1, 0.15) is 17.2 Å². The molecule has 20 heavy (non-hydrogen) atoms. The zero-order valence-electron chi connectivity index (χ0n) is 11.0. The van der Waals surface area contributed by atoms with Gasteiger partial charge < -0.3 is 9.84 Å². The van der Waals surface area contributed by atoms with Crippen molar-refractivity contribution >= 4 is 0 Å². The van der Waals surface area contributed by atoms with Gasteiger partial charge in [0.15, 0.2) is 11.6 Å². The molecule has 2 aromatic carbocycles. The van der Waals surface area contributed by atoms with E-state index in [4.69, 9.17) is 4.74 Å². The van der Waals surface area contributed by atoms with Crippen molar-refractivity contribution in [1.29, 1.82) is 0 Å². The van der Waals surface area contributed by atoms with Crippen LogP contribution in [-0.2, 0) is 5.60 Å². The van der Waals surface area contributed by atoms with Crippen LogP contribution in [0.4, 0.5) is 13.2 Å². The lowest BCUT2D eigenvalue weighted by molar-refractivity contribution is 0.0928. The molecule has 0 amide bonds. The summed E-state index contributed by atoms with van der Waals surface area (Å²) in [6, 6.07) is 7.18. The van der Waals surface area contributed by atoms with Crippen molar-refractivity contribution in [3.05, 3.63) is 65.0 Å². The van der Waals surface area contributed by atoms with Gasteiger partial charge in [-0.05, 0) is 25.1 Å². The van der Waals surface area contributed by atoms with Crippen molar-refractivity contribution in [1.82, 2.24) is 0 Å². The highest BCUT2D eigenvalue weighted by atomic mass is 19.2. The van der Waals surface area contributed by atoms with E-state index in [1.807, 2.05) is 0 Å². The van der Waals surface area contributed by atoms with Gasteiger partial charge in [0.25, 0.3) is 0 Å². The fourth-order valence-corrected chi connectivity index (χ4v) is 2.04. The fourth-order valence-electron chi connectivity index (χ4n) is 2.04. The van der Waals surface area contributed by atoms with Crippen LogP contribution in [0.3, 0.4) is 0 Å². The Labute approximate surface area is 114 Å². The number of benzene rings is 2. The van der Waals surface area contributed by atoms with Gasteiger partial charge in [0, 0.05) is 17.2 Å². The maximum atomic E-state index is 14.0. The molecule has 0 aromatic heterocycles. The van der Waals surface area contributed by atoms with E-state index in [1.54, 1.807) is 0 Å². The van der Waals surface area contributed by atoms with E-state index in [0.717, 1.165) is 12.1 Å². The largest absolute Gasteiger partial charge is 0.497 e. The molecule has 1 unspecified atom stereocenters. The minimum Gasteiger partial charge on any atom is -0.497 e. The van der Waals surface area contributed by atoms with Crippen LogP contribution >= 0.6 is 0 Å². The summed E-state index contributed by atoms with van der Waals surface area (Å²) in [5.74, 6) is -2.80. The topological polar surface area (TPSA) is 29.5 Å². The summed E-state index contributed by atoms with van der Waals surface area (Å²) in [5, 5.41) is 10.4. The van der Waals surface area contributed by atoms with Crippen molar-refractivity contribution in [2.24, 2.45) is 0 Å². The zero-order valence-corrected chi connectivity index (χ0v) is 11.0. The third-order valence-corrected chi connectivity index (χ3v) is 3.18. The van der Waals surface area contributed by atoms with Gasteiger partial charge in [0.05, 0.1) is 7.11 Å².